The first kappa shape index (κ1) is 29.2. The van der Waals surface area contributed by atoms with Crippen LogP contribution in [0.1, 0.15) is 42.3 Å². The van der Waals surface area contributed by atoms with Crippen molar-refractivity contribution >= 4 is 64.1 Å². The second-order valence-corrected chi connectivity index (χ2v) is 11.8. The number of aliphatic carboxylic acids is 1. The van der Waals surface area contributed by atoms with E-state index in [9.17, 15) is 19.5 Å². The monoisotopic (exact) mass is 598 g/mol. The Balaban J connectivity index is 1.66. The Morgan fingerprint density at radius 1 is 1.02 bits per heavy atom. The van der Waals surface area contributed by atoms with E-state index < -0.39 is 5.97 Å². The first-order valence-corrected chi connectivity index (χ1v) is 15.2. The maximum atomic E-state index is 13.8. The van der Waals surface area contributed by atoms with E-state index in [4.69, 9.17) is 0 Å². The molecule has 1 saturated heterocycles. The molecule has 10 heteroatoms. The molecule has 0 spiro atoms. The molecule has 8 nitrogen and oxygen atoms in total. The SMILES string of the molecule is CCNc1ccc(C(C)=O)cc1N=C(C(=O)O)N1C(=C2SCN(Cc3ccccc3)C2=O)SC(C)=C1c1ccccc1. The minimum absolute atomic E-state index is 0.155. The predicted octanol–water partition coefficient (Wildman–Crippen LogP) is 6.78. The largest absolute Gasteiger partial charge is 0.475 e. The van der Waals surface area contributed by atoms with Crippen molar-refractivity contribution in [1.82, 2.24) is 9.80 Å². The van der Waals surface area contributed by atoms with E-state index >= 15 is 0 Å². The number of benzene rings is 3. The number of carboxylic acids is 1. The Kier molecular flexibility index (Phi) is 8.84. The molecule has 5 rings (SSSR count). The molecular weight excluding hydrogens is 569 g/mol. The van der Waals surface area contributed by atoms with Crippen molar-refractivity contribution in [2.24, 2.45) is 4.99 Å². The molecule has 42 heavy (non-hydrogen) atoms. The van der Waals surface area contributed by atoms with Crippen LogP contribution in [0.3, 0.4) is 0 Å². The van der Waals surface area contributed by atoms with Gasteiger partial charge in [0, 0.05) is 23.6 Å². The quantitative estimate of drug-likeness (QED) is 0.133. The summed E-state index contributed by atoms with van der Waals surface area (Å²) in [5.74, 6) is -1.39. The van der Waals surface area contributed by atoms with Crippen molar-refractivity contribution in [2.75, 3.05) is 17.7 Å². The number of anilines is 1. The van der Waals surface area contributed by atoms with Gasteiger partial charge in [0.05, 0.1) is 22.9 Å². The molecule has 3 aromatic carbocycles. The number of hydrogen-bond donors (Lipinski definition) is 2. The summed E-state index contributed by atoms with van der Waals surface area (Å²) in [7, 11) is 0. The number of ketones is 1. The lowest BCUT2D eigenvalue weighted by molar-refractivity contribution is -0.130. The zero-order chi connectivity index (χ0) is 29.8. The van der Waals surface area contributed by atoms with Gasteiger partial charge in [-0.25, -0.2) is 9.79 Å². The first-order chi connectivity index (χ1) is 20.3. The van der Waals surface area contributed by atoms with Crippen molar-refractivity contribution in [1.29, 1.82) is 0 Å². The maximum absolute atomic E-state index is 13.8. The fourth-order valence-corrected chi connectivity index (χ4v) is 7.06. The molecule has 0 saturated carbocycles. The van der Waals surface area contributed by atoms with Gasteiger partial charge in [-0.15, -0.1) is 0 Å². The number of carboxylic acid groups (broad SMARTS) is 1. The molecule has 2 aliphatic rings. The molecule has 2 heterocycles. The number of carbonyl (C=O) groups is 3. The number of amidine groups is 1. The summed E-state index contributed by atoms with van der Waals surface area (Å²) in [6, 6.07) is 24.3. The highest BCUT2D eigenvalue weighted by atomic mass is 32.2. The van der Waals surface area contributed by atoms with E-state index in [-0.39, 0.29) is 17.5 Å². The molecule has 2 aliphatic heterocycles. The minimum Gasteiger partial charge on any atom is -0.475 e. The Morgan fingerprint density at radius 3 is 2.36 bits per heavy atom. The van der Waals surface area contributed by atoms with Gasteiger partial charge in [0.25, 0.3) is 5.91 Å². The lowest BCUT2D eigenvalue weighted by Gasteiger charge is -2.24. The van der Waals surface area contributed by atoms with E-state index in [0.717, 1.165) is 16.0 Å². The summed E-state index contributed by atoms with van der Waals surface area (Å²) in [5, 5.41) is 14.3. The predicted molar refractivity (Wildman–Crippen MR) is 170 cm³/mol. The fraction of sp³-hybridized carbons (Fsp3) is 0.188. The van der Waals surface area contributed by atoms with Gasteiger partial charge < -0.3 is 15.3 Å². The average Bonchev–Trinajstić information content (AvgIpc) is 3.51. The maximum Gasteiger partial charge on any atom is 0.372 e. The third kappa shape index (κ3) is 6.00. The molecular formula is C32H30N4O4S2. The van der Waals surface area contributed by atoms with Gasteiger partial charge in [-0.3, -0.25) is 14.5 Å². The standard InChI is InChI=1S/C32H30N4O4S2/c1-4-33-25-16-15-24(20(2)37)17-26(25)34-29(32(39)40)36-27(23-13-9-6-10-14-23)21(3)42-31(36)28-30(38)35(19-41-28)18-22-11-7-5-8-12-22/h5-17,33H,4,18-19H2,1-3H3,(H,39,40). The van der Waals surface area contributed by atoms with Crippen LogP contribution in [0.15, 0.2) is 98.7 Å². The van der Waals surface area contributed by atoms with Gasteiger partial charge >= 0.3 is 5.97 Å². The van der Waals surface area contributed by atoms with Crippen LogP contribution in [0, 0.1) is 0 Å². The Bertz CT molecular complexity index is 1630. The van der Waals surface area contributed by atoms with Crippen LogP contribution in [-0.4, -0.2) is 50.8 Å². The van der Waals surface area contributed by atoms with E-state index in [1.165, 1.54) is 30.4 Å². The highest BCUT2D eigenvalue weighted by Crippen LogP contribution is 2.50. The molecule has 0 bridgehead atoms. The van der Waals surface area contributed by atoms with Crippen LogP contribution in [0.25, 0.3) is 5.70 Å². The van der Waals surface area contributed by atoms with E-state index in [1.807, 2.05) is 74.5 Å². The number of nitrogens with zero attached hydrogens (tertiary/aromatic N) is 3. The third-order valence-corrected chi connectivity index (χ3v) is 9.02. The van der Waals surface area contributed by atoms with Gasteiger partial charge in [-0.05, 0) is 50.1 Å². The van der Waals surface area contributed by atoms with Crippen molar-refractivity contribution in [3.05, 3.63) is 110 Å². The number of aliphatic imine (C=N–C) groups is 1. The molecule has 1 amide bonds. The lowest BCUT2D eigenvalue weighted by Crippen LogP contribution is -2.33. The minimum atomic E-state index is -1.26. The smallest absolute Gasteiger partial charge is 0.372 e. The second-order valence-electron chi connectivity index (χ2n) is 9.66. The summed E-state index contributed by atoms with van der Waals surface area (Å²) >= 11 is 2.76. The van der Waals surface area contributed by atoms with E-state index in [0.29, 0.717) is 51.5 Å². The topological polar surface area (TPSA) is 102 Å². The van der Waals surface area contributed by atoms with Crippen molar-refractivity contribution in [3.8, 4) is 0 Å². The molecule has 214 valence electrons. The number of amides is 1. The number of thioether (sulfide) groups is 2. The summed E-state index contributed by atoms with van der Waals surface area (Å²) in [5.41, 5.74) is 3.80. The highest BCUT2D eigenvalue weighted by Gasteiger charge is 2.40. The van der Waals surface area contributed by atoms with E-state index in [2.05, 4.69) is 10.3 Å². The van der Waals surface area contributed by atoms with Crippen molar-refractivity contribution in [3.63, 3.8) is 0 Å². The third-order valence-electron chi connectivity index (χ3n) is 6.71. The van der Waals surface area contributed by atoms with Gasteiger partial charge in [0.2, 0.25) is 5.84 Å². The molecule has 0 aromatic heterocycles. The molecule has 2 N–H and O–H groups in total. The Morgan fingerprint density at radius 2 is 1.71 bits per heavy atom. The van der Waals surface area contributed by atoms with Crippen LogP contribution < -0.4 is 5.32 Å². The lowest BCUT2D eigenvalue weighted by atomic mass is 10.1. The second kappa shape index (κ2) is 12.7. The normalized spacial score (nSPS) is 17.3. The van der Waals surface area contributed by atoms with Crippen molar-refractivity contribution < 1.29 is 19.5 Å². The van der Waals surface area contributed by atoms with E-state index in [1.54, 1.807) is 28.0 Å². The van der Waals surface area contributed by atoms with Crippen LogP contribution in [0.2, 0.25) is 0 Å². The molecule has 0 aliphatic carbocycles. The van der Waals surface area contributed by atoms with Crippen LogP contribution in [-0.2, 0) is 16.1 Å². The zero-order valence-corrected chi connectivity index (χ0v) is 25.1. The number of hydrogen-bond acceptors (Lipinski definition) is 7. The molecule has 0 radical (unpaired) electrons. The fourth-order valence-electron chi connectivity index (χ4n) is 4.75. The summed E-state index contributed by atoms with van der Waals surface area (Å²) < 4.78 is 0. The summed E-state index contributed by atoms with van der Waals surface area (Å²) in [6.07, 6.45) is 0. The van der Waals surface area contributed by atoms with Gasteiger partial charge in [0.1, 0.15) is 9.93 Å². The average molecular weight is 599 g/mol. The van der Waals surface area contributed by atoms with Crippen LogP contribution in [0.4, 0.5) is 11.4 Å². The number of Topliss-reactive ketones (excluding diaryl/α,β-unsaturated/α-hetero) is 1. The van der Waals surface area contributed by atoms with Crippen LogP contribution in [0.5, 0.6) is 0 Å². The molecule has 0 atom stereocenters. The van der Waals surface area contributed by atoms with Crippen LogP contribution >= 0.6 is 23.5 Å². The number of rotatable bonds is 7. The summed E-state index contributed by atoms with van der Waals surface area (Å²) in [4.78, 5) is 48.3. The Hall–Kier alpha value is -4.28. The Labute approximate surface area is 253 Å². The number of allylic oxidation sites excluding steroid dienone is 1. The molecule has 1 fully saturated rings. The van der Waals surface area contributed by atoms with Gasteiger partial charge in [0.15, 0.2) is 5.78 Å². The zero-order valence-electron chi connectivity index (χ0n) is 23.5. The van der Waals surface area contributed by atoms with Gasteiger partial charge in [-0.2, -0.15) is 0 Å². The number of nitrogens with one attached hydrogen (secondary N) is 1. The molecule has 0 unspecified atom stereocenters. The first-order valence-electron chi connectivity index (χ1n) is 13.4. The number of carbonyl (C=O) groups excluding carboxylic acids is 2. The molecule has 3 aromatic rings. The highest BCUT2D eigenvalue weighted by molar-refractivity contribution is 8.09. The summed E-state index contributed by atoms with van der Waals surface area (Å²) in [6.45, 7) is 6.33. The van der Waals surface area contributed by atoms with Crippen molar-refractivity contribution in [2.45, 2.75) is 27.3 Å². The van der Waals surface area contributed by atoms with Gasteiger partial charge in [-0.1, -0.05) is 84.2 Å².